The Kier molecular flexibility index (Phi) is 5.15. The van der Waals surface area contributed by atoms with Gasteiger partial charge in [-0.3, -0.25) is 4.79 Å². The van der Waals surface area contributed by atoms with Crippen molar-refractivity contribution in [2.45, 2.75) is 26.7 Å². The molecule has 1 fully saturated rings. The number of nitrogens with zero attached hydrogens (tertiary/aromatic N) is 4. The van der Waals surface area contributed by atoms with Crippen LogP contribution in [-0.4, -0.2) is 42.0 Å². The van der Waals surface area contributed by atoms with Crippen LogP contribution in [0.25, 0.3) is 0 Å². The molecule has 1 saturated heterocycles. The molecule has 5 heteroatoms. The molecule has 0 spiro atoms. The zero-order valence-electron chi connectivity index (χ0n) is 12.7. The third-order valence-corrected chi connectivity index (χ3v) is 3.94. The number of hydrogen-bond donors (Lipinski definition) is 0. The van der Waals surface area contributed by atoms with Crippen molar-refractivity contribution in [2.24, 2.45) is 5.92 Å². The largest absolute Gasteiger partial charge is 0.352 e. The summed E-state index contributed by atoms with van der Waals surface area (Å²) in [6, 6.07) is 5.73. The topological polar surface area (TPSA) is 60.2 Å². The van der Waals surface area contributed by atoms with Crippen LogP contribution in [-0.2, 0) is 4.79 Å². The average molecular weight is 286 g/mol. The van der Waals surface area contributed by atoms with Crippen molar-refractivity contribution < 1.29 is 4.79 Å². The molecule has 112 valence electrons. The number of pyridine rings is 1. The molecule has 0 N–H and O–H groups in total. The fraction of sp³-hybridized carbons (Fsp3) is 0.562. The van der Waals surface area contributed by atoms with E-state index >= 15 is 0 Å². The number of anilines is 1. The van der Waals surface area contributed by atoms with Crippen LogP contribution in [0.2, 0.25) is 0 Å². The Morgan fingerprint density at radius 1 is 1.43 bits per heavy atom. The Labute approximate surface area is 126 Å². The summed E-state index contributed by atoms with van der Waals surface area (Å²) >= 11 is 0. The lowest BCUT2D eigenvalue weighted by atomic mass is 10.0. The number of aromatic nitrogens is 1. The van der Waals surface area contributed by atoms with Gasteiger partial charge in [0.2, 0.25) is 5.91 Å². The minimum absolute atomic E-state index is 0.103. The van der Waals surface area contributed by atoms with Crippen LogP contribution in [0.4, 0.5) is 5.82 Å². The molecule has 0 radical (unpaired) electrons. The van der Waals surface area contributed by atoms with E-state index in [2.05, 4.69) is 22.9 Å². The quantitative estimate of drug-likeness (QED) is 0.850. The van der Waals surface area contributed by atoms with E-state index in [0.29, 0.717) is 18.7 Å². The second kappa shape index (κ2) is 7.07. The normalized spacial score (nSPS) is 16.4. The average Bonchev–Trinajstić information content (AvgIpc) is 2.54. The summed E-state index contributed by atoms with van der Waals surface area (Å²) in [5.74, 6) is 1.08. The van der Waals surface area contributed by atoms with E-state index in [9.17, 15) is 4.79 Å². The molecule has 1 aromatic rings. The summed E-state index contributed by atoms with van der Waals surface area (Å²) in [5.41, 5.74) is 0.594. The van der Waals surface area contributed by atoms with Crippen molar-refractivity contribution in [3.63, 3.8) is 0 Å². The number of amides is 1. The highest BCUT2D eigenvalue weighted by Gasteiger charge is 2.25. The van der Waals surface area contributed by atoms with Gasteiger partial charge in [-0.25, -0.2) is 4.98 Å². The Balaban J connectivity index is 1.97. The Bertz CT molecular complexity index is 529. The van der Waals surface area contributed by atoms with Gasteiger partial charge in [0.25, 0.3) is 0 Å². The zero-order chi connectivity index (χ0) is 15.2. The molecule has 0 bridgehead atoms. The highest BCUT2D eigenvalue weighted by molar-refractivity contribution is 5.78. The van der Waals surface area contributed by atoms with Crippen molar-refractivity contribution in [3.05, 3.63) is 23.9 Å². The van der Waals surface area contributed by atoms with Gasteiger partial charge in [0, 0.05) is 38.3 Å². The molecular formula is C16H22N4O. The summed E-state index contributed by atoms with van der Waals surface area (Å²) < 4.78 is 0. The van der Waals surface area contributed by atoms with Crippen molar-refractivity contribution in [3.8, 4) is 6.07 Å². The molecule has 1 amide bonds. The summed E-state index contributed by atoms with van der Waals surface area (Å²) in [5, 5.41) is 9.14. The van der Waals surface area contributed by atoms with Gasteiger partial charge in [0.15, 0.2) is 0 Å². The second-order valence-electron chi connectivity index (χ2n) is 5.49. The standard InChI is InChI=1S/C16H22N4O/c1-3-5-13(2)16(21)20-10-8-19(9-11-20)15-14(12-17)6-4-7-18-15/h4,6-7,13H,3,5,8-11H2,1-2H3. The van der Waals surface area contributed by atoms with Gasteiger partial charge < -0.3 is 9.80 Å². The molecule has 0 saturated carbocycles. The lowest BCUT2D eigenvalue weighted by Crippen LogP contribution is -2.50. The van der Waals surface area contributed by atoms with Gasteiger partial charge in [0.05, 0.1) is 5.56 Å². The smallest absolute Gasteiger partial charge is 0.225 e. The van der Waals surface area contributed by atoms with Crippen LogP contribution in [0.1, 0.15) is 32.3 Å². The van der Waals surface area contributed by atoms with Crippen molar-refractivity contribution >= 4 is 11.7 Å². The van der Waals surface area contributed by atoms with Gasteiger partial charge in [-0.05, 0) is 18.6 Å². The van der Waals surface area contributed by atoms with Gasteiger partial charge >= 0.3 is 0 Å². The van der Waals surface area contributed by atoms with Gasteiger partial charge in [-0.2, -0.15) is 5.26 Å². The molecule has 2 heterocycles. The Morgan fingerprint density at radius 3 is 2.76 bits per heavy atom. The second-order valence-corrected chi connectivity index (χ2v) is 5.49. The van der Waals surface area contributed by atoms with Crippen molar-refractivity contribution in [1.82, 2.24) is 9.88 Å². The highest BCUT2D eigenvalue weighted by Crippen LogP contribution is 2.19. The van der Waals surface area contributed by atoms with Crippen LogP contribution in [0.5, 0.6) is 0 Å². The fourth-order valence-electron chi connectivity index (χ4n) is 2.74. The molecule has 1 unspecified atom stereocenters. The number of hydrogen-bond acceptors (Lipinski definition) is 4. The molecule has 21 heavy (non-hydrogen) atoms. The van der Waals surface area contributed by atoms with Crippen LogP contribution in [0, 0.1) is 17.2 Å². The fourth-order valence-corrected chi connectivity index (χ4v) is 2.74. The molecular weight excluding hydrogens is 264 g/mol. The number of rotatable bonds is 4. The molecule has 1 atom stereocenters. The van der Waals surface area contributed by atoms with Crippen LogP contribution < -0.4 is 4.90 Å². The lowest BCUT2D eigenvalue weighted by Gasteiger charge is -2.36. The van der Waals surface area contributed by atoms with E-state index in [4.69, 9.17) is 5.26 Å². The predicted molar refractivity (Wildman–Crippen MR) is 81.8 cm³/mol. The molecule has 1 aromatic heterocycles. The summed E-state index contributed by atoms with van der Waals surface area (Å²) in [6.45, 7) is 6.98. The Hall–Kier alpha value is -2.09. The maximum Gasteiger partial charge on any atom is 0.225 e. The first-order valence-electron chi connectivity index (χ1n) is 7.56. The number of piperazine rings is 1. The van der Waals surface area contributed by atoms with E-state index in [1.807, 2.05) is 11.8 Å². The highest BCUT2D eigenvalue weighted by atomic mass is 16.2. The predicted octanol–water partition coefficient (Wildman–Crippen LogP) is 2.04. The monoisotopic (exact) mass is 286 g/mol. The SMILES string of the molecule is CCCC(C)C(=O)N1CCN(c2ncccc2C#N)CC1. The molecule has 1 aliphatic rings. The Morgan fingerprint density at radius 2 is 2.14 bits per heavy atom. The lowest BCUT2D eigenvalue weighted by molar-refractivity contribution is -0.135. The van der Waals surface area contributed by atoms with Gasteiger partial charge in [-0.15, -0.1) is 0 Å². The maximum absolute atomic E-state index is 12.3. The van der Waals surface area contributed by atoms with Crippen molar-refractivity contribution in [2.75, 3.05) is 31.1 Å². The first-order valence-corrected chi connectivity index (χ1v) is 7.56. The van der Waals surface area contributed by atoms with Crippen LogP contribution >= 0.6 is 0 Å². The first-order chi connectivity index (χ1) is 10.2. The minimum Gasteiger partial charge on any atom is -0.352 e. The van der Waals surface area contributed by atoms with E-state index in [1.54, 1.807) is 18.3 Å². The molecule has 0 aliphatic carbocycles. The van der Waals surface area contributed by atoms with Gasteiger partial charge in [0.1, 0.15) is 11.9 Å². The number of carbonyl (C=O) groups is 1. The first kappa shape index (κ1) is 15.3. The molecule has 1 aliphatic heterocycles. The summed E-state index contributed by atoms with van der Waals surface area (Å²) in [7, 11) is 0. The zero-order valence-corrected chi connectivity index (χ0v) is 12.7. The van der Waals surface area contributed by atoms with Gasteiger partial charge in [-0.1, -0.05) is 20.3 Å². The van der Waals surface area contributed by atoms with E-state index in [-0.39, 0.29) is 11.8 Å². The van der Waals surface area contributed by atoms with Crippen molar-refractivity contribution in [1.29, 1.82) is 5.26 Å². The third-order valence-electron chi connectivity index (χ3n) is 3.94. The number of nitriles is 1. The summed E-state index contributed by atoms with van der Waals surface area (Å²) in [4.78, 5) is 20.6. The van der Waals surface area contributed by atoms with Crippen LogP contribution in [0.15, 0.2) is 18.3 Å². The van der Waals surface area contributed by atoms with Crippen LogP contribution in [0.3, 0.4) is 0 Å². The minimum atomic E-state index is 0.103. The molecule has 5 nitrogen and oxygen atoms in total. The molecule has 0 aromatic carbocycles. The van der Waals surface area contributed by atoms with E-state index in [0.717, 1.165) is 31.7 Å². The maximum atomic E-state index is 12.3. The summed E-state index contributed by atoms with van der Waals surface area (Å²) in [6.07, 6.45) is 3.68. The third kappa shape index (κ3) is 3.52. The number of carbonyl (C=O) groups excluding carboxylic acids is 1. The van der Waals surface area contributed by atoms with E-state index in [1.165, 1.54) is 0 Å². The molecule has 2 rings (SSSR count). The van der Waals surface area contributed by atoms with E-state index < -0.39 is 0 Å².